The topological polar surface area (TPSA) is 47.7 Å². The van der Waals surface area contributed by atoms with Crippen molar-refractivity contribution < 1.29 is 9.47 Å². The first kappa shape index (κ1) is 15.1. The molecule has 0 aromatic heterocycles. The summed E-state index contributed by atoms with van der Waals surface area (Å²) in [5, 5.41) is 0. The van der Waals surface area contributed by atoms with Gasteiger partial charge in [0.2, 0.25) is 0 Å². The van der Waals surface area contributed by atoms with Crippen LogP contribution in [0.25, 0.3) is 0 Å². The molecule has 1 fully saturated rings. The van der Waals surface area contributed by atoms with E-state index >= 15 is 0 Å². The van der Waals surface area contributed by atoms with E-state index in [9.17, 15) is 0 Å². The highest BCUT2D eigenvalue weighted by Gasteiger charge is 2.26. The van der Waals surface area contributed by atoms with Gasteiger partial charge in [-0.2, -0.15) is 0 Å². The zero-order valence-electron chi connectivity index (χ0n) is 12.8. The van der Waals surface area contributed by atoms with Crippen molar-refractivity contribution in [1.29, 1.82) is 0 Å². The normalized spacial score (nSPS) is 16.9. The zero-order valence-corrected chi connectivity index (χ0v) is 12.8. The molecule has 2 rings (SSSR count). The molecule has 1 aromatic rings. The average Bonchev–Trinajstić information content (AvgIpc) is 2.43. The molecule has 0 amide bonds. The first-order valence-corrected chi connectivity index (χ1v) is 7.32. The smallest absolute Gasteiger partial charge is 0.165 e. The lowest BCUT2D eigenvalue weighted by molar-refractivity contribution is 0.162. The number of ether oxygens (including phenoxy) is 2. The monoisotopic (exact) mass is 278 g/mol. The van der Waals surface area contributed by atoms with E-state index in [1.54, 1.807) is 14.2 Å². The molecule has 4 nitrogen and oxygen atoms in total. The predicted octanol–water partition coefficient (Wildman–Crippen LogP) is 2.44. The highest BCUT2D eigenvalue weighted by atomic mass is 16.5. The molecule has 1 saturated carbocycles. The summed E-state index contributed by atoms with van der Waals surface area (Å²) in [5.41, 5.74) is 7.13. The molecule has 2 N–H and O–H groups in total. The minimum Gasteiger partial charge on any atom is -0.493 e. The Morgan fingerprint density at radius 2 is 2.05 bits per heavy atom. The number of rotatable bonds is 7. The molecule has 0 bridgehead atoms. The number of likely N-dealkylation sites (N-methyl/N-ethyl adjacent to an activating group) is 1. The molecular formula is C16H26N2O2. The maximum Gasteiger partial charge on any atom is 0.165 e. The lowest BCUT2D eigenvalue weighted by atomic mass is 9.84. The van der Waals surface area contributed by atoms with E-state index in [1.165, 1.54) is 19.3 Å². The minimum absolute atomic E-state index is 0.167. The molecule has 1 aromatic carbocycles. The molecule has 4 heteroatoms. The summed E-state index contributed by atoms with van der Waals surface area (Å²) < 4.78 is 10.9. The third kappa shape index (κ3) is 3.07. The molecule has 1 aliphatic rings. The van der Waals surface area contributed by atoms with Crippen LogP contribution in [0.1, 0.15) is 30.9 Å². The molecule has 0 heterocycles. The second-order valence-electron chi connectivity index (χ2n) is 5.57. The number of hydrogen-bond donors (Lipinski definition) is 1. The fourth-order valence-corrected chi connectivity index (χ4v) is 2.93. The Labute approximate surface area is 121 Å². The second kappa shape index (κ2) is 6.95. The minimum atomic E-state index is 0.167. The Balaban J connectivity index is 2.21. The fraction of sp³-hybridized carbons (Fsp3) is 0.625. The van der Waals surface area contributed by atoms with Crippen molar-refractivity contribution in [3.05, 3.63) is 23.8 Å². The molecule has 0 aliphatic heterocycles. The van der Waals surface area contributed by atoms with Gasteiger partial charge < -0.3 is 15.2 Å². The summed E-state index contributed by atoms with van der Waals surface area (Å²) in [6.45, 7) is 1.68. The van der Waals surface area contributed by atoms with Crippen molar-refractivity contribution in [3.8, 4) is 11.5 Å². The Bertz CT molecular complexity index is 432. The second-order valence-corrected chi connectivity index (χ2v) is 5.57. The molecule has 1 unspecified atom stereocenters. The summed E-state index contributed by atoms with van der Waals surface area (Å²) in [6, 6.07) is 6.16. The number of para-hydroxylation sites is 1. The van der Waals surface area contributed by atoms with Crippen LogP contribution in [0.4, 0.5) is 0 Å². The van der Waals surface area contributed by atoms with Crippen molar-refractivity contribution in [3.63, 3.8) is 0 Å². The highest BCUT2D eigenvalue weighted by Crippen LogP contribution is 2.37. The van der Waals surface area contributed by atoms with Gasteiger partial charge in [-0.1, -0.05) is 18.6 Å². The highest BCUT2D eigenvalue weighted by molar-refractivity contribution is 5.48. The van der Waals surface area contributed by atoms with Crippen LogP contribution >= 0.6 is 0 Å². The Morgan fingerprint density at radius 3 is 2.55 bits per heavy atom. The summed E-state index contributed by atoms with van der Waals surface area (Å²) in [6.07, 6.45) is 4.06. The van der Waals surface area contributed by atoms with Crippen LogP contribution in [0.15, 0.2) is 18.2 Å². The number of benzene rings is 1. The van der Waals surface area contributed by atoms with Crippen LogP contribution in [-0.2, 0) is 0 Å². The van der Waals surface area contributed by atoms with E-state index in [1.807, 2.05) is 12.1 Å². The van der Waals surface area contributed by atoms with Gasteiger partial charge in [0.05, 0.1) is 20.3 Å². The van der Waals surface area contributed by atoms with E-state index in [4.69, 9.17) is 15.2 Å². The quantitative estimate of drug-likeness (QED) is 0.832. The van der Waals surface area contributed by atoms with Gasteiger partial charge in [0.25, 0.3) is 0 Å². The van der Waals surface area contributed by atoms with Crippen LogP contribution in [-0.4, -0.2) is 39.3 Å². The van der Waals surface area contributed by atoms with Gasteiger partial charge in [0, 0.05) is 18.7 Å². The molecular weight excluding hydrogens is 252 g/mol. The van der Waals surface area contributed by atoms with E-state index in [0.29, 0.717) is 6.54 Å². The average molecular weight is 278 g/mol. The number of nitrogens with two attached hydrogens (primary N) is 1. The molecule has 0 saturated heterocycles. The molecule has 0 radical (unpaired) electrons. The van der Waals surface area contributed by atoms with E-state index in [-0.39, 0.29) is 6.04 Å². The summed E-state index contributed by atoms with van der Waals surface area (Å²) in [4.78, 5) is 2.35. The van der Waals surface area contributed by atoms with Crippen LogP contribution in [0.2, 0.25) is 0 Å². The van der Waals surface area contributed by atoms with Crippen molar-refractivity contribution >= 4 is 0 Å². The largest absolute Gasteiger partial charge is 0.493 e. The lowest BCUT2D eigenvalue weighted by Crippen LogP contribution is -2.36. The maximum atomic E-state index is 6.02. The van der Waals surface area contributed by atoms with Crippen LogP contribution in [0.3, 0.4) is 0 Å². The Kier molecular flexibility index (Phi) is 5.26. The summed E-state index contributed by atoms with van der Waals surface area (Å²) in [7, 11) is 5.49. The molecule has 112 valence electrons. The molecule has 1 aliphatic carbocycles. The summed E-state index contributed by atoms with van der Waals surface area (Å²) >= 11 is 0. The van der Waals surface area contributed by atoms with Crippen LogP contribution in [0.5, 0.6) is 11.5 Å². The zero-order chi connectivity index (χ0) is 14.5. The number of nitrogens with zero attached hydrogens (tertiary/aromatic N) is 1. The molecule has 0 spiro atoms. The standard InChI is InChI=1S/C16H26N2O2/c1-18(11-12-6-4-7-12)14(10-17)13-8-5-9-15(19-2)16(13)20-3/h5,8-9,12,14H,4,6-7,10-11,17H2,1-3H3. The lowest BCUT2D eigenvalue weighted by Gasteiger charge is -2.35. The van der Waals surface area contributed by atoms with E-state index in [2.05, 4.69) is 18.0 Å². The first-order valence-electron chi connectivity index (χ1n) is 7.32. The van der Waals surface area contributed by atoms with Crippen molar-refractivity contribution in [2.75, 3.05) is 34.4 Å². The van der Waals surface area contributed by atoms with Gasteiger partial charge in [-0.3, -0.25) is 4.90 Å². The summed E-state index contributed by atoms with van der Waals surface area (Å²) in [5.74, 6) is 2.39. The van der Waals surface area contributed by atoms with Crippen molar-refractivity contribution in [2.45, 2.75) is 25.3 Å². The SMILES string of the molecule is COc1cccc(C(CN)N(C)CC2CCC2)c1OC. The third-order valence-corrected chi connectivity index (χ3v) is 4.32. The van der Waals surface area contributed by atoms with E-state index in [0.717, 1.165) is 29.5 Å². The maximum absolute atomic E-state index is 6.02. The fourth-order valence-electron chi connectivity index (χ4n) is 2.93. The third-order valence-electron chi connectivity index (χ3n) is 4.32. The van der Waals surface area contributed by atoms with Gasteiger partial charge in [0.15, 0.2) is 11.5 Å². The van der Waals surface area contributed by atoms with Gasteiger partial charge >= 0.3 is 0 Å². The van der Waals surface area contributed by atoms with Crippen LogP contribution in [0, 0.1) is 5.92 Å². The first-order chi connectivity index (χ1) is 9.71. The molecule has 20 heavy (non-hydrogen) atoms. The number of hydrogen-bond acceptors (Lipinski definition) is 4. The van der Waals surface area contributed by atoms with Gasteiger partial charge in [-0.15, -0.1) is 0 Å². The molecule has 1 atom stereocenters. The number of methoxy groups -OCH3 is 2. The van der Waals surface area contributed by atoms with Crippen molar-refractivity contribution in [2.24, 2.45) is 11.7 Å². The van der Waals surface area contributed by atoms with Crippen LogP contribution < -0.4 is 15.2 Å². The predicted molar refractivity (Wildman–Crippen MR) is 81.3 cm³/mol. The van der Waals surface area contributed by atoms with E-state index < -0.39 is 0 Å². The Morgan fingerprint density at radius 1 is 1.30 bits per heavy atom. The Hall–Kier alpha value is -1.26. The van der Waals surface area contributed by atoms with Gasteiger partial charge in [-0.25, -0.2) is 0 Å². The van der Waals surface area contributed by atoms with Gasteiger partial charge in [-0.05, 0) is 31.9 Å². The van der Waals surface area contributed by atoms with Gasteiger partial charge in [0.1, 0.15) is 0 Å². The van der Waals surface area contributed by atoms with Crippen molar-refractivity contribution in [1.82, 2.24) is 4.90 Å².